The highest BCUT2D eigenvalue weighted by Gasteiger charge is 2.28. The minimum absolute atomic E-state index is 0.216. The van der Waals surface area contributed by atoms with Gasteiger partial charge in [-0.2, -0.15) is 0 Å². The molecule has 0 saturated heterocycles. The first-order valence-electron chi connectivity index (χ1n) is 8.06. The number of hydrogen-bond acceptors (Lipinski definition) is 2. The standard InChI is InChI=1S/C16H30ClNO2/c1-3-4-5-14-6-8-15(9-7-14)16(19)18(11-10-17)12-13-20-2/h14-15H,3-13H2,1-2H3. The molecule has 0 aromatic rings. The number of carbonyl (C=O) groups excluding carboxylic acids is 1. The van der Waals surface area contributed by atoms with E-state index < -0.39 is 0 Å². The molecule has 0 N–H and O–H groups in total. The Kier molecular flexibility index (Phi) is 9.28. The summed E-state index contributed by atoms with van der Waals surface area (Å²) in [6, 6.07) is 0. The molecule has 3 nitrogen and oxygen atoms in total. The lowest BCUT2D eigenvalue weighted by atomic mass is 9.79. The summed E-state index contributed by atoms with van der Waals surface area (Å²) in [5, 5.41) is 0. The van der Waals surface area contributed by atoms with Crippen LogP contribution >= 0.6 is 11.6 Å². The van der Waals surface area contributed by atoms with E-state index >= 15 is 0 Å². The van der Waals surface area contributed by atoms with Crippen LogP contribution in [0.15, 0.2) is 0 Å². The Morgan fingerprint density at radius 3 is 2.50 bits per heavy atom. The zero-order chi connectivity index (χ0) is 14.8. The number of rotatable bonds is 9. The van der Waals surface area contributed by atoms with Gasteiger partial charge in [0.25, 0.3) is 0 Å². The van der Waals surface area contributed by atoms with Crippen LogP contribution in [-0.2, 0) is 9.53 Å². The van der Waals surface area contributed by atoms with Crippen LogP contribution in [0.5, 0.6) is 0 Å². The van der Waals surface area contributed by atoms with Gasteiger partial charge in [0.1, 0.15) is 0 Å². The number of amides is 1. The van der Waals surface area contributed by atoms with Crippen LogP contribution in [0, 0.1) is 11.8 Å². The molecular weight excluding hydrogens is 274 g/mol. The van der Waals surface area contributed by atoms with Gasteiger partial charge < -0.3 is 9.64 Å². The quantitative estimate of drug-likeness (QED) is 0.608. The molecule has 0 radical (unpaired) electrons. The van der Waals surface area contributed by atoms with Gasteiger partial charge in [-0.15, -0.1) is 11.6 Å². The predicted octanol–water partition coefficient (Wildman–Crippen LogP) is 3.70. The largest absolute Gasteiger partial charge is 0.383 e. The molecule has 1 saturated carbocycles. The van der Waals surface area contributed by atoms with Crippen molar-refractivity contribution in [3.8, 4) is 0 Å². The number of halogens is 1. The smallest absolute Gasteiger partial charge is 0.225 e. The molecular formula is C16H30ClNO2. The number of ether oxygens (including phenoxy) is 1. The third kappa shape index (κ3) is 6.01. The van der Waals surface area contributed by atoms with E-state index in [1.807, 2.05) is 4.90 Å². The first kappa shape index (κ1) is 17.8. The third-order valence-corrected chi connectivity index (χ3v) is 4.56. The monoisotopic (exact) mass is 303 g/mol. The molecule has 1 fully saturated rings. The molecule has 4 heteroatoms. The normalized spacial score (nSPS) is 22.8. The van der Waals surface area contributed by atoms with E-state index in [9.17, 15) is 4.79 Å². The topological polar surface area (TPSA) is 29.5 Å². The van der Waals surface area contributed by atoms with Gasteiger partial charge >= 0.3 is 0 Å². The lowest BCUT2D eigenvalue weighted by Gasteiger charge is -2.32. The average molecular weight is 304 g/mol. The van der Waals surface area contributed by atoms with Crippen LogP contribution in [0.3, 0.4) is 0 Å². The molecule has 1 amide bonds. The Bertz CT molecular complexity index is 265. The number of hydrogen-bond donors (Lipinski definition) is 0. The fraction of sp³-hybridized carbons (Fsp3) is 0.938. The van der Waals surface area contributed by atoms with Crippen molar-refractivity contribution in [1.29, 1.82) is 0 Å². The van der Waals surface area contributed by atoms with Gasteiger partial charge in [0, 0.05) is 32.0 Å². The Hall–Kier alpha value is -0.280. The number of nitrogens with zero attached hydrogens (tertiary/aromatic N) is 1. The lowest BCUT2D eigenvalue weighted by molar-refractivity contribution is -0.137. The number of carbonyl (C=O) groups is 1. The molecule has 1 rings (SSSR count). The summed E-state index contributed by atoms with van der Waals surface area (Å²) in [5.74, 6) is 1.85. The Morgan fingerprint density at radius 1 is 1.25 bits per heavy atom. The molecule has 118 valence electrons. The first-order valence-corrected chi connectivity index (χ1v) is 8.60. The highest BCUT2D eigenvalue weighted by atomic mass is 35.5. The molecule has 0 bridgehead atoms. The van der Waals surface area contributed by atoms with Gasteiger partial charge in [-0.25, -0.2) is 0 Å². The Balaban J connectivity index is 2.38. The van der Waals surface area contributed by atoms with Crippen LogP contribution < -0.4 is 0 Å². The number of alkyl halides is 1. The van der Waals surface area contributed by atoms with Crippen molar-refractivity contribution in [3.63, 3.8) is 0 Å². The average Bonchev–Trinajstić information content (AvgIpc) is 2.49. The van der Waals surface area contributed by atoms with Gasteiger partial charge in [-0.3, -0.25) is 4.79 Å². The fourth-order valence-corrected chi connectivity index (χ4v) is 3.29. The van der Waals surface area contributed by atoms with E-state index in [1.165, 1.54) is 32.1 Å². The second-order valence-corrected chi connectivity index (χ2v) is 6.24. The van der Waals surface area contributed by atoms with Crippen molar-refractivity contribution in [1.82, 2.24) is 4.90 Å². The molecule has 0 heterocycles. The maximum atomic E-state index is 12.5. The van der Waals surface area contributed by atoms with Gasteiger partial charge in [0.2, 0.25) is 5.91 Å². The van der Waals surface area contributed by atoms with E-state index in [1.54, 1.807) is 7.11 Å². The van der Waals surface area contributed by atoms with Crippen LogP contribution in [0.25, 0.3) is 0 Å². The number of unbranched alkanes of at least 4 members (excludes halogenated alkanes) is 1. The number of methoxy groups -OCH3 is 1. The Labute approximate surface area is 129 Å². The molecule has 0 unspecified atom stereocenters. The van der Waals surface area contributed by atoms with Crippen molar-refractivity contribution < 1.29 is 9.53 Å². The zero-order valence-corrected chi connectivity index (χ0v) is 13.8. The SMILES string of the molecule is CCCCC1CCC(C(=O)N(CCCl)CCOC)CC1. The van der Waals surface area contributed by atoms with E-state index in [0.29, 0.717) is 25.6 Å². The van der Waals surface area contributed by atoms with Crippen LogP contribution in [0.2, 0.25) is 0 Å². The second-order valence-electron chi connectivity index (χ2n) is 5.87. The van der Waals surface area contributed by atoms with Crippen molar-refractivity contribution >= 4 is 17.5 Å². The molecule has 0 atom stereocenters. The van der Waals surface area contributed by atoms with Crippen LogP contribution in [0.1, 0.15) is 51.9 Å². The molecule has 20 heavy (non-hydrogen) atoms. The predicted molar refractivity (Wildman–Crippen MR) is 84.1 cm³/mol. The fourth-order valence-electron chi connectivity index (χ4n) is 3.08. The second kappa shape index (κ2) is 10.4. The van der Waals surface area contributed by atoms with Gasteiger partial charge in [0.15, 0.2) is 0 Å². The van der Waals surface area contributed by atoms with Crippen LogP contribution in [0.4, 0.5) is 0 Å². The molecule has 0 spiro atoms. The highest BCUT2D eigenvalue weighted by Crippen LogP contribution is 2.32. The van der Waals surface area contributed by atoms with Gasteiger partial charge in [-0.1, -0.05) is 26.2 Å². The zero-order valence-electron chi connectivity index (χ0n) is 13.1. The summed E-state index contributed by atoms with van der Waals surface area (Å²) < 4.78 is 5.08. The van der Waals surface area contributed by atoms with E-state index in [2.05, 4.69) is 6.92 Å². The minimum Gasteiger partial charge on any atom is -0.383 e. The van der Waals surface area contributed by atoms with Crippen molar-refractivity contribution in [2.45, 2.75) is 51.9 Å². The molecule has 1 aliphatic carbocycles. The van der Waals surface area contributed by atoms with Crippen molar-refractivity contribution in [3.05, 3.63) is 0 Å². The summed E-state index contributed by atoms with van der Waals surface area (Å²) in [5.41, 5.74) is 0. The lowest BCUT2D eigenvalue weighted by Crippen LogP contribution is -2.40. The minimum atomic E-state index is 0.216. The van der Waals surface area contributed by atoms with E-state index in [4.69, 9.17) is 16.3 Å². The van der Waals surface area contributed by atoms with Gasteiger partial charge in [-0.05, 0) is 31.6 Å². The Morgan fingerprint density at radius 2 is 1.95 bits per heavy atom. The molecule has 0 aromatic carbocycles. The first-order chi connectivity index (χ1) is 9.72. The summed E-state index contributed by atoms with van der Waals surface area (Å²) in [7, 11) is 1.67. The van der Waals surface area contributed by atoms with Gasteiger partial charge in [0.05, 0.1) is 6.61 Å². The molecule has 0 aromatic heterocycles. The molecule has 1 aliphatic rings. The third-order valence-electron chi connectivity index (χ3n) is 4.39. The summed E-state index contributed by atoms with van der Waals surface area (Å²) in [4.78, 5) is 14.4. The van der Waals surface area contributed by atoms with E-state index in [-0.39, 0.29) is 11.8 Å². The van der Waals surface area contributed by atoms with E-state index in [0.717, 1.165) is 18.8 Å². The van der Waals surface area contributed by atoms with Crippen LogP contribution in [-0.4, -0.2) is 43.5 Å². The maximum absolute atomic E-state index is 12.5. The van der Waals surface area contributed by atoms with Crippen molar-refractivity contribution in [2.75, 3.05) is 32.7 Å². The van der Waals surface area contributed by atoms with Crippen molar-refractivity contribution in [2.24, 2.45) is 11.8 Å². The summed E-state index contributed by atoms with van der Waals surface area (Å²) in [6.45, 7) is 4.14. The maximum Gasteiger partial charge on any atom is 0.225 e. The highest BCUT2D eigenvalue weighted by molar-refractivity contribution is 6.18. The summed E-state index contributed by atoms with van der Waals surface area (Å²) >= 11 is 5.80. The summed E-state index contributed by atoms with van der Waals surface area (Å²) in [6.07, 6.45) is 8.49. The molecule has 0 aliphatic heterocycles.